The van der Waals surface area contributed by atoms with Crippen molar-refractivity contribution in [1.82, 2.24) is 10.2 Å². The van der Waals surface area contributed by atoms with Gasteiger partial charge in [-0.2, -0.15) is 5.10 Å². The van der Waals surface area contributed by atoms with Crippen LogP contribution in [-0.2, 0) is 9.53 Å². The van der Waals surface area contributed by atoms with E-state index in [1.165, 1.54) is 6.92 Å². The Balaban J connectivity index is 1.76. The Bertz CT molecular complexity index is 1040. The molecule has 0 radical (unpaired) electrons. The first-order valence-corrected chi connectivity index (χ1v) is 8.01. The van der Waals surface area contributed by atoms with E-state index in [4.69, 9.17) is 4.74 Å². The predicted molar refractivity (Wildman–Crippen MR) is 97.0 cm³/mol. The number of ether oxygens (including phenoxy) is 1. The van der Waals surface area contributed by atoms with Crippen LogP contribution in [0.4, 0.5) is 5.69 Å². The van der Waals surface area contributed by atoms with E-state index in [9.17, 15) is 14.4 Å². The Hall–Kier alpha value is -3.48. The van der Waals surface area contributed by atoms with Crippen molar-refractivity contribution in [3.63, 3.8) is 0 Å². The number of rotatable bonds is 4. The number of nitrogens with zero attached hydrogens (tertiary/aromatic N) is 1. The second-order valence-corrected chi connectivity index (χ2v) is 5.85. The quantitative estimate of drug-likeness (QED) is 0.703. The van der Waals surface area contributed by atoms with Crippen LogP contribution in [0, 0.1) is 6.92 Å². The van der Waals surface area contributed by atoms with E-state index in [2.05, 4.69) is 15.5 Å². The third-order valence-electron chi connectivity index (χ3n) is 3.83. The number of aromatic nitrogens is 2. The van der Waals surface area contributed by atoms with Crippen LogP contribution in [0.1, 0.15) is 23.0 Å². The number of anilines is 1. The molecule has 1 atom stereocenters. The van der Waals surface area contributed by atoms with Gasteiger partial charge in [-0.3, -0.25) is 9.59 Å². The molecule has 0 aliphatic rings. The third-order valence-corrected chi connectivity index (χ3v) is 3.83. The molecule has 2 aromatic carbocycles. The number of nitrogens with one attached hydrogen (secondary N) is 2. The van der Waals surface area contributed by atoms with Crippen molar-refractivity contribution in [1.29, 1.82) is 0 Å². The highest BCUT2D eigenvalue weighted by Crippen LogP contribution is 2.15. The van der Waals surface area contributed by atoms with Gasteiger partial charge in [0.15, 0.2) is 11.8 Å². The molecule has 3 aromatic rings. The maximum Gasteiger partial charge on any atom is 0.360 e. The van der Waals surface area contributed by atoms with Gasteiger partial charge in [-0.05, 0) is 37.6 Å². The standard InChI is InChI=1S/C19H17N3O4/c1-11-6-5-7-13(10-11)20-17(23)12(2)26-19(25)16-14-8-3-4-9-15(14)18(24)22-21-16/h3-10,12H,1-2H3,(H,20,23)(H,22,24)/t12-/m0/s1. The molecule has 7 heteroatoms. The van der Waals surface area contributed by atoms with Crippen LogP contribution < -0.4 is 10.9 Å². The van der Waals surface area contributed by atoms with Crippen molar-refractivity contribution >= 4 is 28.3 Å². The first-order valence-electron chi connectivity index (χ1n) is 8.01. The Morgan fingerprint density at radius 1 is 1.12 bits per heavy atom. The molecule has 0 aliphatic carbocycles. The molecule has 0 unspecified atom stereocenters. The lowest BCUT2D eigenvalue weighted by atomic mass is 10.1. The molecular weight excluding hydrogens is 334 g/mol. The van der Waals surface area contributed by atoms with Crippen molar-refractivity contribution in [3.8, 4) is 0 Å². The molecular formula is C19H17N3O4. The number of carbonyl (C=O) groups is 2. The molecule has 0 aliphatic heterocycles. The zero-order valence-electron chi connectivity index (χ0n) is 14.3. The van der Waals surface area contributed by atoms with Gasteiger partial charge in [0, 0.05) is 11.1 Å². The Morgan fingerprint density at radius 3 is 2.58 bits per heavy atom. The number of esters is 1. The van der Waals surface area contributed by atoms with Crippen LogP contribution in [0.3, 0.4) is 0 Å². The topological polar surface area (TPSA) is 101 Å². The Labute approximate surface area is 149 Å². The van der Waals surface area contributed by atoms with Gasteiger partial charge < -0.3 is 10.1 Å². The van der Waals surface area contributed by atoms with E-state index in [0.717, 1.165) is 5.56 Å². The summed E-state index contributed by atoms with van der Waals surface area (Å²) in [6.07, 6.45) is -1.03. The summed E-state index contributed by atoms with van der Waals surface area (Å²) in [6, 6.07) is 13.8. The third kappa shape index (κ3) is 3.61. The fourth-order valence-corrected chi connectivity index (χ4v) is 2.51. The van der Waals surface area contributed by atoms with Crippen LogP contribution in [-0.4, -0.2) is 28.2 Å². The van der Waals surface area contributed by atoms with Crippen LogP contribution in [0.2, 0.25) is 0 Å². The van der Waals surface area contributed by atoms with E-state index in [-0.39, 0.29) is 5.69 Å². The number of amides is 1. The van der Waals surface area contributed by atoms with Gasteiger partial charge in [-0.1, -0.05) is 30.3 Å². The lowest BCUT2D eigenvalue weighted by Gasteiger charge is -2.14. The largest absolute Gasteiger partial charge is 0.448 e. The molecule has 7 nitrogen and oxygen atoms in total. The minimum Gasteiger partial charge on any atom is -0.448 e. The van der Waals surface area contributed by atoms with E-state index in [1.807, 2.05) is 25.1 Å². The highest BCUT2D eigenvalue weighted by molar-refractivity contribution is 6.03. The molecule has 1 amide bonds. The van der Waals surface area contributed by atoms with Crippen molar-refractivity contribution < 1.29 is 14.3 Å². The Morgan fingerprint density at radius 2 is 1.85 bits per heavy atom. The molecule has 3 rings (SSSR count). The molecule has 0 saturated carbocycles. The number of fused-ring (bicyclic) bond motifs is 1. The van der Waals surface area contributed by atoms with Gasteiger partial charge in [0.1, 0.15) is 0 Å². The molecule has 0 saturated heterocycles. The lowest BCUT2D eigenvalue weighted by Crippen LogP contribution is -2.30. The van der Waals surface area contributed by atoms with Gasteiger partial charge in [-0.15, -0.1) is 0 Å². The minimum absolute atomic E-state index is 0.0459. The highest BCUT2D eigenvalue weighted by atomic mass is 16.5. The summed E-state index contributed by atoms with van der Waals surface area (Å²) in [4.78, 5) is 36.4. The Kier molecular flexibility index (Phi) is 4.79. The molecule has 2 N–H and O–H groups in total. The predicted octanol–water partition coefficient (Wildman–Crippen LogP) is 2.42. The van der Waals surface area contributed by atoms with Gasteiger partial charge in [-0.25, -0.2) is 9.89 Å². The number of carbonyl (C=O) groups excluding carboxylic acids is 2. The lowest BCUT2D eigenvalue weighted by molar-refractivity contribution is -0.123. The van der Waals surface area contributed by atoms with Crippen LogP contribution in [0.15, 0.2) is 53.3 Å². The fourth-order valence-electron chi connectivity index (χ4n) is 2.51. The summed E-state index contributed by atoms with van der Waals surface area (Å²) in [5.74, 6) is -1.25. The van der Waals surface area contributed by atoms with E-state index >= 15 is 0 Å². The average Bonchev–Trinajstić information content (AvgIpc) is 2.62. The number of hydrogen-bond acceptors (Lipinski definition) is 5. The maximum atomic E-state index is 12.4. The van der Waals surface area contributed by atoms with Crippen LogP contribution in [0.5, 0.6) is 0 Å². The number of aryl methyl sites for hydroxylation is 1. The van der Waals surface area contributed by atoms with Gasteiger partial charge >= 0.3 is 5.97 Å². The molecule has 0 spiro atoms. The number of H-pyrrole nitrogens is 1. The van der Waals surface area contributed by atoms with Crippen LogP contribution in [0.25, 0.3) is 10.8 Å². The monoisotopic (exact) mass is 351 g/mol. The maximum absolute atomic E-state index is 12.4. The molecule has 1 aromatic heterocycles. The number of benzene rings is 2. The average molecular weight is 351 g/mol. The van der Waals surface area contributed by atoms with Crippen LogP contribution >= 0.6 is 0 Å². The van der Waals surface area contributed by atoms with Crippen molar-refractivity contribution in [2.75, 3.05) is 5.32 Å². The molecule has 0 bridgehead atoms. The second-order valence-electron chi connectivity index (χ2n) is 5.85. The first-order chi connectivity index (χ1) is 12.5. The van der Waals surface area contributed by atoms with Gasteiger partial charge in [0.05, 0.1) is 5.39 Å². The van der Waals surface area contributed by atoms with E-state index < -0.39 is 23.5 Å². The number of aromatic amines is 1. The first kappa shape index (κ1) is 17.3. The van der Waals surface area contributed by atoms with Crippen molar-refractivity contribution in [2.45, 2.75) is 20.0 Å². The van der Waals surface area contributed by atoms with E-state index in [0.29, 0.717) is 16.5 Å². The summed E-state index contributed by atoms with van der Waals surface area (Å²) < 4.78 is 5.21. The molecule has 132 valence electrons. The summed E-state index contributed by atoms with van der Waals surface area (Å²) in [5, 5.41) is 9.42. The molecule has 26 heavy (non-hydrogen) atoms. The second kappa shape index (κ2) is 7.18. The summed E-state index contributed by atoms with van der Waals surface area (Å²) in [6.45, 7) is 3.38. The fraction of sp³-hybridized carbons (Fsp3) is 0.158. The zero-order chi connectivity index (χ0) is 18.7. The minimum atomic E-state index is -1.03. The SMILES string of the molecule is Cc1cccc(NC(=O)[C@H](C)OC(=O)c2n[nH]c(=O)c3ccccc23)c1. The normalized spacial score (nSPS) is 11.8. The van der Waals surface area contributed by atoms with Crippen molar-refractivity contribution in [3.05, 3.63) is 70.1 Å². The molecule has 0 fully saturated rings. The van der Waals surface area contributed by atoms with Gasteiger partial charge in [0.25, 0.3) is 11.5 Å². The summed E-state index contributed by atoms with van der Waals surface area (Å²) in [7, 11) is 0. The highest BCUT2D eigenvalue weighted by Gasteiger charge is 2.22. The van der Waals surface area contributed by atoms with E-state index in [1.54, 1.807) is 30.3 Å². The summed E-state index contributed by atoms with van der Waals surface area (Å²) in [5.41, 5.74) is 1.17. The van der Waals surface area contributed by atoms with Crippen molar-refractivity contribution in [2.24, 2.45) is 0 Å². The number of hydrogen-bond donors (Lipinski definition) is 2. The zero-order valence-corrected chi connectivity index (χ0v) is 14.3. The molecule has 1 heterocycles. The van der Waals surface area contributed by atoms with Gasteiger partial charge in [0.2, 0.25) is 0 Å². The summed E-state index contributed by atoms with van der Waals surface area (Å²) >= 11 is 0. The smallest absolute Gasteiger partial charge is 0.360 e.